The highest BCUT2D eigenvalue weighted by molar-refractivity contribution is 7.89. The summed E-state index contributed by atoms with van der Waals surface area (Å²) in [7, 11) is -3.81. The van der Waals surface area contributed by atoms with Crippen LogP contribution in [-0.2, 0) is 10.0 Å². The first-order chi connectivity index (χ1) is 15.2. The van der Waals surface area contributed by atoms with E-state index in [1.54, 1.807) is 47.9 Å². The standard InChI is InChI=1S/C21H25ClN4O5S/c1-3-25(4-2)32(30,31)18-8-9-19(20(15-18)26(28)29)23-10-12-24(13-11-23)21(27)16-6-5-7-17(22)14-16/h5-9,14-15H,3-4,10-13H2,1-2H3. The summed E-state index contributed by atoms with van der Waals surface area (Å²) < 4.78 is 26.8. The Hall–Kier alpha value is -2.69. The molecule has 0 unspecified atom stereocenters. The van der Waals surface area contributed by atoms with Gasteiger partial charge >= 0.3 is 0 Å². The van der Waals surface area contributed by atoms with E-state index in [0.717, 1.165) is 6.07 Å². The molecule has 0 spiro atoms. The Morgan fingerprint density at radius 2 is 1.75 bits per heavy atom. The summed E-state index contributed by atoms with van der Waals surface area (Å²) in [6, 6.07) is 10.7. The molecule has 2 aromatic rings. The molecule has 0 aromatic heterocycles. The minimum Gasteiger partial charge on any atom is -0.362 e. The molecule has 0 aliphatic carbocycles. The lowest BCUT2D eigenvalue weighted by molar-refractivity contribution is -0.384. The lowest BCUT2D eigenvalue weighted by Gasteiger charge is -2.36. The molecule has 11 heteroatoms. The molecule has 0 saturated carbocycles. The normalized spacial score (nSPS) is 14.6. The van der Waals surface area contributed by atoms with E-state index >= 15 is 0 Å². The molecular weight excluding hydrogens is 456 g/mol. The molecule has 0 bridgehead atoms. The number of halogens is 1. The average Bonchev–Trinajstić information content (AvgIpc) is 2.79. The molecule has 9 nitrogen and oxygen atoms in total. The maximum absolute atomic E-state index is 12.8. The van der Waals surface area contributed by atoms with E-state index in [0.29, 0.717) is 42.5 Å². The van der Waals surface area contributed by atoms with Gasteiger partial charge in [-0.3, -0.25) is 14.9 Å². The fraction of sp³-hybridized carbons (Fsp3) is 0.381. The van der Waals surface area contributed by atoms with Crippen molar-refractivity contribution in [2.24, 2.45) is 0 Å². The number of carbonyl (C=O) groups excluding carboxylic acids is 1. The van der Waals surface area contributed by atoms with Crippen molar-refractivity contribution in [3.05, 3.63) is 63.2 Å². The maximum Gasteiger partial charge on any atom is 0.293 e. The Bertz CT molecular complexity index is 1110. The van der Waals surface area contributed by atoms with Crippen LogP contribution in [0.25, 0.3) is 0 Å². The van der Waals surface area contributed by atoms with Gasteiger partial charge in [-0.05, 0) is 30.3 Å². The van der Waals surface area contributed by atoms with Crippen LogP contribution in [0.2, 0.25) is 5.02 Å². The van der Waals surface area contributed by atoms with Crippen LogP contribution in [0.5, 0.6) is 0 Å². The number of carbonyl (C=O) groups is 1. The summed E-state index contributed by atoms with van der Waals surface area (Å²) in [5.74, 6) is -0.151. The number of nitrogens with zero attached hydrogens (tertiary/aromatic N) is 4. The number of sulfonamides is 1. The zero-order valence-corrected chi connectivity index (χ0v) is 19.5. The highest BCUT2D eigenvalue weighted by Crippen LogP contribution is 2.32. The van der Waals surface area contributed by atoms with Crippen molar-refractivity contribution in [1.82, 2.24) is 9.21 Å². The third-order valence-electron chi connectivity index (χ3n) is 5.47. The number of piperazine rings is 1. The van der Waals surface area contributed by atoms with Gasteiger partial charge in [-0.15, -0.1) is 0 Å². The number of rotatable bonds is 7. The summed E-state index contributed by atoms with van der Waals surface area (Å²) in [6.07, 6.45) is 0. The van der Waals surface area contributed by atoms with Gasteiger partial charge in [-0.25, -0.2) is 8.42 Å². The van der Waals surface area contributed by atoms with Crippen LogP contribution in [-0.4, -0.2) is 67.7 Å². The van der Waals surface area contributed by atoms with Crippen LogP contribution in [0.1, 0.15) is 24.2 Å². The molecule has 1 fully saturated rings. The molecule has 2 aromatic carbocycles. The number of anilines is 1. The second-order valence-corrected chi connectivity index (χ2v) is 9.66. The van der Waals surface area contributed by atoms with Gasteiger partial charge in [0.15, 0.2) is 0 Å². The van der Waals surface area contributed by atoms with Gasteiger partial charge in [0.05, 0.1) is 9.82 Å². The van der Waals surface area contributed by atoms with E-state index in [9.17, 15) is 23.3 Å². The van der Waals surface area contributed by atoms with Gasteiger partial charge in [-0.2, -0.15) is 4.31 Å². The number of benzene rings is 2. The number of hydrogen-bond acceptors (Lipinski definition) is 6. The van der Waals surface area contributed by atoms with E-state index in [-0.39, 0.29) is 29.6 Å². The second kappa shape index (κ2) is 9.85. The van der Waals surface area contributed by atoms with Gasteiger partial charge in [0.1, 0.15) is 5.69 Å². The first-order valence-corrected chi connectivity index (χ1v) is 12.1. The van der Waals surface area contributed by atoms with Gasteiger partial charge in [0.25, 0.3) is 11.6 Å². The summed E-state index contributed by atoms with van der Waals surface area (Å²) in [4.78, 5) is 27.2. The minimum absolute atomic E-state index is 0.105. The van der Waals surface area contributed by atoms with Crippen molar-refractivity contribution in [2.75, 3.05) is 44.2 Å². The van der Waals surface area contributed by atoms with E-state index in [1.807, 2.05) is 0 Å². The largest absolute Gasteiger partial charge is 0.362 e. The molecule has 1 aliphatic rings. The second-order valence-electron chi connectivity index (χ2n) is 7.29. The fourth-order valence-corrected chi connectivity index (χ4v) is 5.41. The van der Waals surface area contributed by atoms with Gasteiger partial charge in [0, 0.05) is 55.9 Å². The van der Waals surface area contributed by atoms with Crippen LogP contribution in [0, 0.1) is 10.1 Å². The molecule has 1 heterocycles. The molecule has 3 rings (SSSR count). The van der Waals surface area contributed by atoms with E-state index < -0.39 is 14.9 Å². The third kappa shape index (κ3) is 4.87. The minimum atomic E-state index is -3.81. The van der Waals surface area contributed by atoms with Crippen molar-refractivity contribution >= 4 is 38.9 Å². The molecule has 32 heavy (non-hydrogen) atoms. The van der Waals surface area contributed by atoms with Crippen molar-refractivity contribution < 1.29 is 18.1 Å². The van der Waals surface area contributed by atoms with Crippen LogP contribution in [0.15, 0.2) is 47.4 Å². The van der Waals surface area contributed by atoms with Gasteiger partial charge in [0.2, 0.25) is 10.0 Å². The van der Waals surface area contributed by atoms with Crippen LogP contribution in [0.3, 0.4) is 0 Å². The first kappa shape index (κ1) is 24.0. The molecule has 172 valence electrons. The Morgan fingerprint density at radius 1 is 1.09 bits per heavy atom. The molecular formula is C21H25ClN4O5S. The molecule has 1 aliphatic heterocycles. The maximum atomic E-state index is 12.8. The van der Waals surface area contributed by atoms with Crippen molar-refractivity contribution in [3.8, 4) is 0 Å². The van der Waals surface area contributed by atoms with E-state index in [4.69, 9.17) is 11.6 Å². The predicted octanol–water partition coefficient (Wildman–Crippen LogP) is 3.24. The Kier molecular flexibility index (Phi) is 7.37. The summed E-state index contributed by atoms with van der Waals surface area (Å²) >= 11 is 5.97. The monoisotopic (exact) mass is 480 g/mol. The summed E-state index contributed by atoms with van der Waals surface area (Å²) in [6.45, 7) is 5.50. The predicted molar refractivity (Wildman–Crippen MR) is 123 cm³/mol. The molecule has 1 amide bonds. The summed E-state index contributed by atoms with van der Waals surface area (Å²) in [5.41, 5.74) is 0.555. The Balaban J connectivity index is 1.80. The van der Waals surface area contributed by atoms with Crippen molar-refractivity contribution in [2.45, 2.75) is 18.7 Å². The topological polar surface area (TPSA) is 104 Å². The van der Waals surface area contributed by atoms with E-state index in [1.165, 1.54) is 16.4 Å². The first-order valence-electron chi connectivity index (χ1n) is 10.3. The SMILES string of the molecule is CCN(CC)S(=O)(=O)c1ccc(N2CCN(C(=O)c3cccc(Cl)c3)CC2)c([N+](=O)[O-])c1. The molecule has 1 saturated heterocycles. The van der Waals surface area contributed by atoms with Crippen LogP contribution in [0.4, 0.5) is 11.4 Å². The van der Waals surface area contributed by atoms with Gasteiger partial charge < -0.3 is 9.80 Å². The smallest absolute Gasteiger partial charge is 0.293 e. The third-order valence-corrected chi connectivity index (χ3v) is 7.75. The quantitative estimate of drug-likeness (QED) is 0.445. The van der Waals surface area contributed by atoms with Crippen LogP contribution < -0.4 is 4.90 Å². The number of amides is 1. The van der Waals surface area contributed by atoms with Gasteiger partial charge in [-0.1, -0.05) is 31.5 Å². The summed E-state index contributed by atoms with van der Waals surface area (Å²) in [5, 5.41) is 12.2. The van der Waals surface area contributed by atoms with Crippen molar-refractivity contribution in [1.29, 1.82) is 0 Å². The lowest BCUT2D eigenvalue weighted by Crippen LogP contribution is -2.49. The van der Waals surface area contributed by atoms with Crippen LogP contribution >= 0.6 is 11.6 Å². The van der Waals surface area contributed by atoms with E-state index in [2.05, 4.69) is 0 Å². The number of nitro groups is 1. The fourth-order valence-electron chi connectivity index (χ4n) is 3.74. The number of hydrogen-bond donors (Lipinski definition) is 0. The zero-order valence-electron chi connectivity index (χ0n) is 17.9. The van der Waals surface area contributed by atoms with Crippen molar-refractivity contribution in [3.63, 3.8) is 0 Å². The number of nitro benzene ring substituents is 1. The molecule has 0 N–H and O–H groups in total. The highest BCUT2D eigenvalue weighted by Gasteiger charge is 2.30. The average molecular weight is 481 g/mol. The highest BCUT2D eigenvalue weighted by atomic mass is 35.5. The zero-order chi connectivity index (χ0) is 23.5. The Morgan fingerprint density at radius 3 is 2.31 bits per heavy atom. The lowest BCUT2D eigenvalue weighted by atomic mass is 10.1. The molecule has 0 radical (unpaired) electrons. The Labute approximate surface area is 192 Å². The molecule has 0 atom stereocenters.